The van der Waals surface area contributed by atoms with E-state index in [4.69, 9.17) is 4.43 Å². The van der Waals surface area contributed by atoms with Gasteiger partial charge in [0.15, 0.2) is 8.32 Å². The van der Waals surface area contributed by atoms with Gasteiger partial charge in [0.05, 0.1) is 17.2 Å². The Labute approximate surface area is 178 Å². The van der Waals surface area contributed by atoms with Gasteiger partial charge in [-0.3, -0.25) is 4.79 Å². The predicted octanol–water partition coefficient (Wildman–Crippen LogP) is 6.37. The highest BCUT2D eigenvalue weighted by Crippen LogP contribution is 2.55. The fourth-order valence-corrected chi connectivity index (χ4v) is 7.30. The normalized spacial score (nSPS) is 26.1. The molecule has 0 radical (unpaired) electrons. The van der Waals surface area contributed by atoms with Gasteiger partial charge in [-0.15, -0.1) is 0 Å². The summed E-state index contributed by atoms with van der Waals surface area (Å²) in [4.78, 5) is 15.1. The number of halogens is 2. The van der Waals surface area contributed by atoms with Crippen LogP contribution in [0.25, 0.3) is 0 Å². The number of hydrogen-bond donors (Lipinski definition) is 0. The topological polar surface area (TPSA) is 29.5 Å². The molecule has 0 N–H and O–H groups in total. The summed E-state index contributed by atoms with van der Waals surface area (Å²) in [6.07, 6.45) is 3.11. The Morgan fingerprint density at radius 3 is 2.43 bits per heavy atom. The molecular formula is C22H33BrFNO2Si. The summed E-state index contributed by atoms with van der Waals surface area (Å²) in [6, 6.07) is 4.87. The maximum absolute atomic E-state index is 13.7. The molecule has 2 saturated heterocycles. The molecule has 3 nitrogen and oxygen atoms in total. The fourth-order valence-electron chi connectivity index (χ4n) is 4.82. The zero-order valence-corrected chi connectivity index (χ0v) is 20.7. The van der Waals surface area contributed by atoms with Gasteiger partial charge < -0.3 is 9.33 Å². The van der Waals surface area contributed by atoms with Crippen LogP contribution in [-0.4, -0.2) is 30.8 Å². The standard InChI is InChI=1S/C22H33BrFNO2Si/c1-20(2,3)28(6,7)27-21(4,5)18-10-12-22(13-11-19(26)25(18)22)16-9-8-15(24)14-17(16)23/h8-9,14,18H,10-13H2,1-7H3/t18-,22-/m1/s1. The Hall–Kier alpha value is -0.723. The minimum absolute atomic E-state index is 0.0218. The van der Waals surface area contributed by atoms with Crippen LogP contribution in [0.15, 0.2) is 22.7 Å². The van der Waals surface area contributed by atoms with Crippen LogP contribution in [0.2, 0.25) is 18.1 Å². The van der Waals surface area contributed by atoms with E-state index in [1.54, 1.807) is 0 Å². The van der Waals surface area contributed by atoms with Crippen LogP contribution in [0, 0.1) is 5.82 Å². The van der Waals surface area contributed by atoms with Crippen molar-refractivity contribution >= 4 is 30.2 Å². The van der Waals surface area contributed by atoms with Gasteiger partial charge in [0.1, 0.15) is 5.82 Å². The van der Waals surface area contributed by atoms with Crippen LogP contribution in [0.1, 0.15) is 65.9 Å². The molecule has 0 spiro atoms. The number of amides is 1. The number of carbonyl (C=O) groups is 1. The number of nitrogens with zero attached hydrogens (tertiary/aromatic N) is 1. The van der Waals surface area contributed by atoms with Crippen molar-refractivity contribution in [2.75, 3.05) is 0 Å². The van der Waals surface area contributed by atoms with Crippen LogP contribution in [0.5, 0.6) is 0 Å². The second-order valence-corrected chi connectivity index (χ2v) is 16.0. The van der Waals surface area contributed by atoms with Gasteiger partial charge in [-0.25, -0.2) is 4.39 Å². The first kappa shape index (κ1) is 22.0. The van der Waals surface area contributed by atoms with E-state index in [1.165, 1.54) is 12.1 Å². The van der Waals surface area contributed by atoms with E-state index in [1.807, 2.05) is 6.07 Å². The van der Waals surface area contributed by atoms with Gasteiger partial charge in [-0.2, -0.15) is 0 Å². The minimum atomic E-state index is -1.99. The molecule has 1 amide bonds. The lowest BCUT2D eigenvalue weighted by molar-refractivity contribution is -0.136. The van der Waals surface area contributed by atoms with Crippen LogP contribution in [0.3, 0.4) is 0 Å². The monoisotopic (exact) mass is 469 g/mol. The lowest BCUT2D eigenvalue weighted by Gasteiger charge is -2.48. The molecule has 6 heteroatoms. The van der Waals surface area contributed by atoms with Crippen molar-refractivity contribution in [2.45, 2.75) is 95.6 Å². The van der Waals surface area contributed by atoms with E-state index in [-0.39, 0.29) is 28.3 Å². The number of fused-ring (bicyclic) bond motifs is 1. The summed E-state index contributed by atoms with van der Waals surface area (Å²) in [5.74, 6) is -0.0790. The van der Waals surface area contributed by atoms with Crippen molar-refractivity contribution in [3.05, 3.63) is 34.1 Å². The lowest BCUT2D eigenvalue weighted by Crippen LogP contribution is -2.57. The molecular weight excluding hydrogens is 437 g/mol. The van der Waals surface area contributed by atoms with E-state index in [2.05, 4.69) is 68.5 Å². The van der Waals surface area contributed by atoms with Crippen LogP contribution >= 0.6 is 15.9 Å². The van der Waals surface area contributed by atoms with Gasteiger partial charge in [0, 0.05) is 10.9 Å². The Morgan fingerprint density at radius 2 is 1.86 bits per heavy atom. The number of carbonyl (C=O) groups excluding carboxylic acids is 1. The Kier molecular flexibility index (Phi) is 5.43. The second kappa shape index (κ2) is 6.91. The van der Waals surface area contributed by atoms with Gasteiger partial charge in [-0.05, 0) is 68.9 Å². The third kappa shape index (κ3) is 3.50. The van der Waals surface area contributed by atoms with Gasteiger partial charge in [-0.1, -0.05) is 42.8 Å². The highest BCUT2D eigenvalue weighted by Gasteiger charge is 2.59. The van der Waals surface area contributed by atoms with Gasteiger partial charge >= 0.3 is 0 Å². The van der Waals surface area contributed by atoms with E-state index in [9.17, 15) is 9.18 Å². The molecule has 1 aromatic rings. The molecule has 3 rings (SSSR count). The highest BCUT2D eigenvalue weighted by atomic mass is 79.9. The zero-order chi connectivity index (χ0) is 21.1. The molecule has 0 aromatic heterocycles. The maximum atomic E-state index is 13.7. The van der Waals surface area contributed by atoms with Crippen molar-refractivity contribution in [3.8, 4) is 0 Å². The number of rotatable bonds is 4. The average molecular weight is 470 g/mol. The van der Waals surface area contributed by atoms with Crippen molar-refractivity contribution in [2.24, 2.45) is 0 Å². The van der Waals surface area contributed by atoms with E-state index >= 15 is 0 Å². The molecule has 2 heterocycles. The second-order valence-electron chi connectivity index (χ2n) is 10.4. The summed E-state index contributed by atoms with van der Waals surface area (Å²) in [5.41, 5.74) is 0.227. The largest absolute Gasteiger partial charge is 0.410 e. The Bertz CT molecular complexity index is 789. The van der Waals surface area contributed by atoms with Crippen molar-refractivity contribution < 1.29 is 13.6 Å². The van der Waals surface area contributed by atoms with Crippen molar-refractivity contribution in [1.29, 1.82) is 0 Å². The summed E-state index contributed by atoms with van der Waals surface area (Å²) < 4.78 is 21.3. The van der Waals surface area contributed by atoms with Gasteiger partial charge in [0.2, 0.25) is 5.91 Å². The third-order valence-corrected chi connectivity index (χ3v) is 12.5. The predicted molar refractivity (Wildman–Crippen MR) is 117 cm³/mol. The smallest absolute Gasteiger partial charge is 0.223 e. The van der Waals surface area contributed by atoms with Crippen molar-refractivity contribution in [1.82, 2.24) is 4.90 Å². The minimum Gasteiger partial charge on any atom is -0.410 e. The van der Waals surface area contributed by atoms with E-state index < -0.39 is 13.9 Å². The Morgan fingerprint density at radius 1 is 1.21 bits per heavy atom. The average Bonchev–Trinajstić information content (AvgIpc) is 3.05. The first-order chi connectivity index (χ1) is 12.7. The first-order valence-corrected chi connectivity index (χ1v) is 13.9. The molecule has 156 valence electrons. The molecule has 2 aliphatic heterocycles. The van der Waals surface area contributed by atoms with Crippen LogP contribution in [-0.2, 0) is 14.8 Å². The zero-order valence-electron chi connectivity index (χ0n) is 18.2. The molecule has 1 aromatic carbocycles. The molecule has 2 atom stereocenters. The highest BCUT2D eigenvalue weighted by molar-refractivity contribution is 9.10. The molecule has 0 bridgehead atoms. The lowest BCUT2D eigenvalue weighted by atomic mass is 9.86. The van der Waals surface area contributed by atoms with Crippen LogP contribution < -0.4 is 0 Å². The van der Waals surface area contributed by atoms with E-state index in [0.29, 0.717) is 6.42 Å². The molecule has 2 fully saturated rings. The SMILES string of the molecule is CC(C)(O[Si](C)(C)C(C)(C)C)[C@H]1CC[C@]2(c3ccc(F)cc3Br)CCC(=O)N12. The van der Waals surface area contributed by atoms with Gasteiger partial charge in [0.25, 0.3) is 0 Å². The third-order valence-electron chi connectivity index (χ3n) is 7.18. The summed E-state index contributed by atoms with van der Waals surface area (Å²) in [5, 5.41) is 0.106. The summed E-state index contributed by atoms with van der Waals surface area (Å²) in [7, 11) is -1.99. The first-order valence-electron chi connectivity index (χ1n) is 10.2. The number of benzene rings is 1. The van der Waals surface area contributed by atoms with E-state index in [0.717, 1.165) is 29.3 Å². The summed E-state index contributed by atoms with van der Waals surface area (Å²) in [6.45, 7) is 15.5. The Balaban J connectivity index is 1.98. The molecule has 0 saturated carbocycles. The van der Waals surface area contributed by atoms with Crippen LogP contribution in [0.4, 0.5) is 4.39 Å². The molecule has 2 aliphatic rings. The quantitative estimate of drug-likeness (QED) is 0.479. The number of hydrogen-bond acceptors (Lipinski definition) is 2. The molecule has 0 unspecified atom stereocenters. The maximum Gasteiger partial charge on any atom is 0.223 e. The summed E-state index contributed by atoms with van der Waals surface area (Å²) >= 11 is 3.55. The molecule has 0 aliphatic carbocycles. The molecule has 28 heavy (non-hydrogen) atoms. The fraction of sp³-hybridized carbons (Fsp3) is 0.682. The van der Waals surface area contributed by atoms with Crippen molar-refractivity contribution in [3.63, 3.8) is 0 Å².